The highest BCUT2D eigenvalue weighted by Gasteiger charge is 2.17. The summed E-state index contributed by atoms with van der Waals surface area (Å²) in [6.07, 6.45) is 4.27. The van der Waals surface area contributed by atoms with Crippen LogP contribution in [0.3, 0.4) is 0 Å². The van der Waals surface area contributed by atoms with Gasteiger partial charge in [-0.25, -0.2) is 4.98 Å². The minimum absolute atomic E-state index is 0.680. The number of halogens is 1. The fraction of sp³-hybridized carbons (Fsp3) is 0.583. The predicted molar refractivity (Wildman–Crippen MR) is 75.1 cm³/mol. The summed E-state index contributed by atoms with van der Waals surface area (Å²) in [5.41, 5.74) is 6.34. The minimum Gasteiger partial charge on any atom is -0.397 e. The lowest BCUT2D eigenvalue weighted by atomic mass is 9.98. The molecule has 1 atom stereocenters. The fourth-order valence-electron chi connectivity index (χ4n) is 2.26. The summed E-state index contributed by atoms with van der Waals surface area (Å²) < 4.78 is 0.932. The standard InChI is InChI=1S/C12H19BrN4/c1-17-4-2-3-9(8-17)6-15-12-11(13)5-10(14)7-16-12/h5,7,9H,2-4,6,8,14H2,1H3,(H,15,16). The average molecular weight is 299 g/mol. The maximum atomic E-state index is 5.66. The Hall–Kier alpha value is -0.810. The molecule has 0 aromatic carbocycles. The van der Waals surface area contributed by atoms with Crippen LogP contribution in [-0.2, 0) is 0 Å². The van der Waals surface area contributed by atoms with Gasteiger partial charge in [-0.05, 0) is 54.3 Å². The van der Waals surface area contributed by atoms with E-state index in [1.54, 1.807) is 6.20 Å². The smallest absolute Gasteiger partial charge is 0.140 e. The first-order chi connectivity index (χ1) is 8.15. The second kappa shape index (κ2) is 5.69. The van der Waals surface area contributed by atoms with Gasteiger partial charge in [0.2, 0.25) is 0 Å². The zero-order valence-corrected chi connectivity index (χ0v) is 11.7. The van der Waals surface area contributed by atoms with Crippen molar-refractivity contribution in [1.29, 1.82) is 0 Å². The summed E-state index contributed by atoms with van der Waals surface area (Å²) in [6.45, 7) is 3.36. The molecule has 1 aliphatic rings. The molecule has 17 heavy (non-hydrogen) atoms. The third kappa shape index (κ3) is 3.57. The highest BCUT2D eigenvalue weighted by molar-refractivity contribution is 9.10. The molecule has 0 saturated carbocycles. The summed E-state index contributed by atoms with van der Waals surface area (Å²) in [7, 11) is 2.18. The number of piperidine rings is 1. The molecular weight excluding hydrogens is 280 g/mol. The SMILES string of the molecule is CN1CCCC(CNc2ncc(N)cc2Br)C1. The van der Waals surface area contributed by atoms with Crippen LogP contribution in [-0.4, -0.2) is 36.6 Å². The van der Waals surface area contributed by atoms with Crippen molar-refractivity contribution in [3.05, 3.63) is 16.7 Å². The number of anilines is 2. The molecule has 94 valence electrons. The first-order valence-electron chi connectivity index (χ1n) is 5.98. The van der Waals surface area contributed by atoms with Crippen LogP contribution in [0, 0.1) is 5.92 Å². The van der Waals surface area contributed by atoms with Gasteiger partial charge >= 0.3 is 0 Å². The van der Waals surface area contributed by atoms with Crippen molar-refractivity contribution in [2.75, 3.05) is 37.7 Å². The molecule has 2 heterocycles. The second-order valence-electron chi connectivity index (χ2n) is 4.75. The Balaban J connectivity index is 1.88. The molecule has 1 aliphatic heterocycles. The number of nitrogens with zero attached hydrogens (tertiary/aromatic N) is 2. The fourth-order valence-corrected chi connectivity index (χ4v) is 2.77. The number of rotatable bonds is 3. The highest BCUT2D eigenvalue weighted by Crippen LogP contribution is 2.23. The van der Waals surface area contributed by atoms with Crippen LogP contribution >= 0.6 is 15.9 Å². The third-order valence-electron chi connectivity index (χ3n) is 3.14. The number of hydrogen-bond acceptors (Lipinski definition) is 4. The molecule has 1 fully saturated rings. The lowest BCUT2D eigenvalue weighted by molar-refractivity contribution is 0.217. The van der Waals surface area contributed by atoms with E-state index in [0.29, 0.717) is 11.6 Å². The van der Waals surface area contributed by atoms with Crippen LogP contribution in [0.25, 0.3) is 0 Å². The first kappa shape index (κ1) is 12.6. The van der Waals surface area contributed by atoms with Gasteiger partial charge in [0.15, 0.2) is 0 Å². The van der Waals surface area contributed by atoms with E-state index in [9.17, 15) is 0 Å². The van der Waals surface area contributed by atoms with Crippen LogP contribution in [0.5, 0.6) is 0 Å². The lowest BCUT2D eigenvalue weighted by Crippen LogP contribution is -2.35. The van der Waals surface area contributed by atoms with E-state index in [0.717, 1.165) is 16.8 Å². The van der Waals surface area contributed by atoms with E-state index in [-0.39, 0.29) is 0 Å². The molecular formula is C12H19BrN4. The number of pyridine rings is 1. The van der Waals surface area contributed by atoms with E-state index in [1.165, 1.54) is 25.9 Å². The van der Waals surface area contributed by atoms with E-state index in [1.807, 2.05) is 6.07 Å². The topological polar surface area (TPSA) is 54.2 Å². The number of nitrogens with two attached hydrogens (primary N) is 1. The van der Waals surface area contributed by atoms with Crippen molar-refractivity contribution in [2.24, 2.45) is 5.92 Å². The molecule has 5 heteroatoms. The molecule has 1 saturated heterocycles. The summed E-state index contributed by atoms with van der Waals surface area (Å²) in [5.74, 6) is 1.59. The van der Waals surface area contributed by atoms with Crippen molar-refractivity contribution in [2.45, 2.75) is 12.8 Å². The number of likely N-dealkylation sites (tertiary alicyclic amines) is 1. The van der Waals surface area contributed by atoms with Crippen molar-refractivity contribution in [3.8, 4) is 0 Å². The first-order valence-corrected chi connectivity index (χ1v) is 6.78. The summed E-state index contributed by atoms with van der Waals surface area (Å²) in [6, 6.07) is 1.88. The molecule has 1 unspecified atom stereocenters. The largest absolute Gasteiger partial charge is 0.397 e. The molecule has 4 nitrogen and oxygen atoms in total. The molecule has 0 amide bonds. The molecule has 0 radical (unpaired) electrons. The Kier molecular flexibility index (Phi) is 4.23. The Morgan fingerprint density at radius 2 is 2.47 bits per heavy atom. The van der Waals surface area contributed by atoms with Gasteiger partial charge in [-0.15, -0.1) is 0 Å². The van der Waals surface area contributed by atoms with Gasteiger partial charge in [0, 0.05) is 13.1 Å². The Morgan fingerprint density at radius 1 is 1.65 bits per heavy atom. The highest BCUT2D eigenvalue weighted by atomic mass is 79.9. The van der Waals surface area contributed by atoms with Crippen molar-refractivity contribution in [3.63, 3.8) is 0 Å². The van der Waals surface area contributed by atoms with E-state index < -0.39 is 0 Å². The van der Waals surface area contributed by atoms with Crippen molar-refractivity contribution < 1.29 is 0 Å². The monoisotopic (exact) mass is 298 g/mol. The summed E-state index contributed by atoms with van der Waals surface area (Å²) >= 11 is 3.47. The van der Waals surface area contributed by atoms with Crippen molar-refractivity contribution >= 4 is 27.4 Å². The van der Waals surface area contributed by atoms with E-state index in [4.69, 9.17) is 5.73 Å². The van der Waals surface area contributed by atoms with Gasteiger partial charge in [0.25, 0.3) is 0 Å². The molecule has 1 aromatic rings. The number of aromatic nitrogens is 1. The van der Waals surface area contributed by atoms with Crippen LogP contribution in [0.1, 0.15) is 12.8 Å². The van der Waals surface area contributed by atoms with Crippen LogP contribution < -0.4 is 11.1 Å². The molecule has 1 aromatic heterocycles. The normalized spacial score (nSPS) is 21.4. The number of nitrogen functional groups attached to an aromatic ring is 1. The van der Waals surface area contributed by atoms with Gasteiger partial charge in [-0.2, -0.15) is 0 Å². The van der Waals surface area contributed by atoms with E-state index >= 15 is 0 Å². The van der Waals surface area contributed by atoms with E-state index in [2.05, 4.69) is 38.2 Å². The summed E-state index contributed by atoms with van der Waals surface area (Å²) in [4.78, 5) is 6.67. The van der Waals surface area contributed by atoms with Crippen LogP contribution in [0.4, 0.5) is 11.5 Å². The Bertz CT molecular complexity index is 383. The van der Waals surface area contributed by atoms with Gasteiger partial charge in [-0.1, -0.05) is 0 Å². The molecule has 0 spiro atoms. The summed E-state index contributed by atoms with van der Waals surface area (Å²) in [5, 5.41) is 3.39. The molecule has 3 N–H and O–H groups in total. The van der Waals surface area contributed by atoms with Crippen molar-refractivity contribution in [1.82, 2.24) is 9.88 Å². The zero-order chi connectivity index (χ0) is 12.3. The lowest BCUT2D eigenvalue weighted by Gasteiger charge is -2.29. The Labute approximate surface area is 111 Å². The van der Waals surface area contributed by atoms with Gasteiger partial charge in [0.05, 0.1) is 16.4 Å². The molecule has 0 aliphatic carbocycles. The maximum Gasteiger partial charge on any atom is 0.140 e. The quantitative estimate of drug-likeness (QED) is 0.898. The average Bonchev–Trinajstić information content (AvgIpc) is 2.28. The van der Waals surface area contributed by atoms with Crippen LogP contribution in [0.15, 0.2) is 16.7 Å². The second-order valence-corrected chi connectivity index (χ2v) is 5.60. The number of nitrogens with one attached hydrogen (secondary N) is 1. The third-order valence-corrected chi connectivity index (χ3v) is 3.75. The van der Waals surface area contributed by atoms with Crippen LogP contribution in [0.2, 0.25) is 0 Å². The van der Waals surface area contributed by atoms with Gasteiger partial charge in [0.1, 0.15) is 5.82 Å². The van der Waals surface area contributed by atoms with Gasteiger partial charge in [-0.3, -0.25) is 0 Å². The minimum atomic E-state index is 0.680. The molecule has 0 bridgehead atoms. The maximum absolute atomic E-state index is 5.66. The number of hydrogen-bond donors (Lipinski definition) is 2. The predicted octanol–water partition coefficient (Wildman–Crippen LogP) is 2.18. The molecule has 2 rings (SSSR count). The Morgan fingerprint density at radius 3 is 3.18 bits per heavy atom. The zero-order valence-electron chi connectivity index (χ0n) is 10.1. The van der Waals surface area contributed by atoms with Gasteiger partial charge < -0.3 is 16.0 Å².